The molecule has 1 aromatic heterocycles. The molecule has 6 rings (SSSR count). The second-order valence-electron chi connectivity index (χ2n) is 9.36. The van der Waals surface area contributed by atoms with E-state index in [2.05, 4.69) is 52.3 Å². The van der Waals surface area contributed by atoms with Gasteiger partial charge in [0.1, 0.15) is 45.3 Å². The van der Waals surface area contributed by atoms with Crippen molar-refractivity contribution in [3.63, 3.8) is 0 Å². The number of thiophene rings is 1. The normalized spacial score (nSPS) is 11.1. The van der Waals surface area contributed by atoms with E-state index in [0.29, 0.717) is 11.3 Å². The number of benzene rings is 5. The number of hydrogen-bond acceptors (Lipinski definition) is 3. The molecule has 0 N–H and O–H groups in total. The fourth-order valence-corrected chi connectivity index (χ4v) is 6.59. The molecule has 0 aliphatic heterocycles. The Bertz CT molecular complexity index is 1970. The number of nitriles is 1. The molecule has 0 unspecified atom stereocenters. The number of halogens is 1. The van der Waals surface area contributed by atoms with Gasteiger partial charge in [-0.3, -0.25) is 0 Å². The molecule has 1 heterocycles. The van der Waals surface area contributed by atoms with E-state index >= 15 is 0 Å². The topological polar surface area (TPSA) is 27.0 Å². The SMILES string of the molecule is [B]c1c([B])c([B])c(N(c2ccccc2)c2ccc(C#N)c3sc4ccc(-c5cccc(Br)c5)cc4c23)c([B])c1[B]. The molecule has 2 nitrogen and oxygen atoms in total. The first-order chi connectivity index (χ1) is 19.3. The van der Waals surface area contributed by atoms with Crippen molar-refractivity contribution in [1.82, 2.24) is 0 Å². The Morgan fingerprint density at radius 3 is 2.05 bits per heavy atom. The van der Waals surface area contributed by atoms with Crippen molar-refractivity contribution in [2.75, 3.05) is 4.90 Å². The number of para-hydroxylation sites is 1. The number of fused-ring (bicyclic) bond motifs is 3. The summed E-state index contributed by atoms with van der Waals surface area (Å²) in [6.45, 7) is 0. The molecule has 0 bridgehead atoms. The van der Waals surface area contributed by atoms with Gasteiger partial charge in [-0.2, -0.15) is 5.26 Å². The third-order valence-electron chi connectivity index (χ3n) is 7.02. The van der Waals surface area contributed by atoms with E-state index in [0.717, 1.165) is 47.1 Å². The third kappa shape index (κ3) is 4.31. The monoisotopic (exact) mass is 580 g/mol. The summed E-state index contributed by atoms with van der Waals surface area (Å²) >= 11 is 5.15. The van der Waals surface area contributed by atoms with Gasteiger partial charge < -0.3 is 4.90 Å². The lowest BCUT2D eigenvalue weighted by molar-refractivity contribution is 1.32. The first-order valence-corrected chi connectivity index (χ1v) is 13.9. The summed E-state index contributed by atoms with van der Waals surface area (Å²) < 4.78 is 2.89. The molecule has 5 aromatic carbocycles. The van der Waals surface area contributed by atoms with Crippen molar-refractivity contribution in [2.45, 2.75) is 0 Å². The summed E-state index contributed by atoms with van der Waals surface area (Å²) in [4.78, 5) is 1.94. The minimum absolute atomic E-state index is 0.149. The average Bonchev–Trinajstić information content (AvgIpc) is 3.36. The van der Waals surface area contributed by atoms with Crippen molar-refractivity contribution in [2.24, 2.45) is 0 Å². The van der Waals surface area contributed by atoms with E-state index in [-0.39, 0.29) is 27.3 Å². The fourth-order valence-electron chi connectivity index (χ4n) is 5.03. The van der Waals surface area contributed by atoms with Crippen LogP contribution in [0.25, 0.3) is 31.3 Å². The van der Waals surface area contributed by atoms with Gasteiger partial charge >= 0.3 is 0 Å². The molecule has 6 aromatic rings. The van der Waals surface area contributed by atoms with Crippen LogP contribution < -0.4 is 32.2 Å². The number of nitrogens with zero attached hydrogens (tertiary/aromatic N) is 2. The van der Waals surface area contributed by atoms with Crippen LogP contribution in [0.2, 0.25) is 0 Å². The molecule has 0 aliphatic rings. The van der Waals surface area contributed by atoms with Crippen molar-refractivity contribution in [3.8, 4) is 17.2 Å². The minimum atomic E-state index is 0.149. The molecule has 0 aliphatic carbocycles. The minimum Gasteiger partial charge on any atom is -0.311 e. The highest BCUT2D eigenvalue weighted by Crippen LogP contribution is 2.46. The summed E-state index contributed by atoms with van der Waals surface area (Å²) in [5.41, 5.74) is 5.63. The molecule has 0 saturated carbocycles. The van der Waals surface area contributed by atoms with Gasteiger partial charge in [-0.25, -0.2) is 0 Å². The summed E-state index contributed by atoms with van der Waals surface area (Å²) in [5.74, 6) is 0. The molecule has 9 heteroatoms. The predicted octanol–water partition coefficient (Wildman–Crippen LogP) is 3.79. The number of rotatable bonds is 4. The van der Waals surface area contributed by atoms with Crippen LogP contribution in [0.3, 0.4) is 0 Å². The Balaban J connectivity index is 1.74. The second kappa shape index (κ2) is 10.4. The van der Waals surface area contributed by atoms with Crippen LogP contribution in [0.5, 0.6) is 0 Å². The van der Waals surface area contributed by atoms with Crippen LogP contribution in [-0.4, -0.2) is 39.2 Å². The van der Waals surface area contributed by atoms with Crippen LogP contribution in [0.4, 0.5) is 17.1 Å². The van der Waals surface area contributed by atoms with E-state index in [1.165, 1.54) is 0 Å². The quantitative estimate of drug-likeness (QED) is 0.297. The van der Waals surface area contributed by atoms with Gasteiger partial charge in [0, 0.05) is 31.3 Å². The van der Waals surface area contributed by atoms with Crippen LogP contribution >= 0.6 is 27.3 Å². The van der Waals surface area contributed by atoms with Crippen molar-refractivity contribution >= 4 is 131 Å². The highest BCUT2D eigenvalue weighted by Gasteiger charge is 2.24. The van der Waals surface area contributed by atoms with E-state index < -0.39 is 0 Å². The molecule has 176 valence electrons. The lowest BCUT2D eigenvalue weighted by Gasteiger charge is -2.33. The summed E-state index contributed by atoms with van der Waals surface area (Å²) in [5, 5.41) is 11.9. The Labute approximate surface area is 252 Å². The van der Waals surface area contributed by atoms with E-state index in [1.807, 2.05) is 59.5 Å². The zero-order chi connectivity index (χ0) is 28.1. The largest absolute Gasteiger partial charge is 0.311 e. The average molecular weight is 580 g/mol. The number of hydrogen-bond donors (Lipinski definition) is 0. The summed E-state index contributed by atoms with van der Waals surface area (Å²) in [6, 6.07) is 30.3. The molecular weight excluding hydrogens is 566 g/mol. The highest BCUT2D eigenvalue weighted by atomic mass is 79.9. The zero-order valence-corrected chi connectivity index (χ0v) is 23.6. The van der Waals surface area contributed by atoms with Crippen LogP contribution in [0.15, 0.2) is 89.4 Å². The zero-order valence-electron chi connectivity index (χ0n) is 21.2. The lowest BCUT2D eigenvalue weighted by atomic mass is 9.61. The van der Waals surface area contributed by atoms with E-state index in [9.17, 15) is 5.26 Å². The van der Waals surface area contributed by atoms with Gasteiger partial charge in [0.2, 0.25) is 0 Å². The Morgan fingerprint density at radius 2 is 1.38 bits per heavy atom. The maximum absolute atomic E-state index is 10.0. The predicted molar refractivity (Wildman–Crippen MR) is 179 cm³/mol. The second-order valence-corrected chi connectivity index (χ2v) is 11.3. The van der Waals surface area contributed by atoms with Gasteiger partial charge in [-0.05, 0) is 59.7 Å². The summed E-state index contributed by atoms with van der Waals surface area (Å²) in [7, 11) is 32.0. The van der Waals surface area contributed by atoms with Gasteiger partial charge in [0.15, 0.2) is 0 Å². The van der Waals surface area contributed by atoms with Gasteiger partial charge in [-0.1, -0.05) is 63.3 Å². The summed E-state index contributed by atoms with van der Waals surface area (Å²) in [6.07, 6.45) is 0. The molecule has 0 fully saturated rings. The molecule has 40 heavy (non-hydrogen) atoms. The standard InChI is InChI=1S/C31H14B5BrN2S/c32-25-26(33)28(35)30(29(36)27(25)34)39(20-7-2-1-3-8-20)22-11-9-18(15-38)31-24(22)21-14-17(10-12-23(21)40-31)16-5-4-6-19(37)13-16/h1-14H. The maximum atomic E-state index is 10.0. The highest BCUT2D eigenvalue weighted by molar-refractivity contribution is 9.10. The molecular formula is C31H14B5BrN2S. The van der Waals surface area contributed by atoms with Gasteiger partial charge in [0.05, 0.1) is 16.0 Å². The van der Waals surface area contributed by atoms with Crippen LogP contribution in [-0.2, 0) is 0 Å². The third-order valence-corrected chi connectivity index (χ3v) is 8.72. The first kappa shape index (κ1) is 26.6. The Hall–Kier alpha value is -3.59. The molecule has 0 saturated heterocycles. The van der Waals surface area contributed by atoms with E-state index in [1.54, 1.807) is 11.3 Å². The fraction of sp³-hybridized carbons (Fsp3) is 0. The van der Waals surface area contributed by atoms with Crippen molar-refractivity contribution < 1.29 is 0 Å². The smallest absolute Gasteiger partial charge is 0.115 e. The number of anilines is 3. The van der Waals surface area contributed by atoms with Crippen LogP contribution in [0.1, 0.15) is 5.56 Å². The van der Waals surface area contributed by atoms with Crippen molar-refractivity contribution in [3.05, 3.63) is 95.0 Å². The maximum Gasteiger partial charge on any atom is 0.115 e. The molecule has 0 spiro atoms. The molecule has 0 amide bonds. The van der Waals surface area contributed by atoms with Crippen molar-refractivity contribution in [1.29, 1.82) is 5.26 Å². The van der Waals surface area contributed by atoms with Crippen LogP contribution in [0, 0.1) is 11.3 Å². The first-order valence-electron chi connectivity index (χ1n) is 12.3. The molecule has 10 radical (unpaired) electrons. The molecule has 0 atom stereocenters. The Kier molecular flexibility index (Phi) is 6.94. The van der Waals surface area contributed by atoms with Gasteiger partial charge in [0.25, 0.3) is 0 Å². The van der Waals surface area contributed by atoms with Gasteiger partial charge in [-0.15, -0.1) is 27.7 Å². The Morgan fingerprint density at radius 1 is 0.700 bits per heavy atom. The lowest BCUT2D eigenvalue weighted by Crippen LogP contribution is -2.56. The van der Waals surface area contributed by atoms with E-state index in [4.69, 9.17) is 39.2 Å².